The molecule has 0 unspecified atom stereocenters. The van der Waals surface area contributed by atoms with Gasteiger partial charge in [0.25, 0.3) is 0 Å². The Morgan fingerprint density at radius 3 is 2.03 bits per heavy atom. The van der Waals surface area contributed by atoms with Crippen molar-refractivity contribution in [1.29, 1.82) is 0 Å². The maximum Gasteiger partial charge on any atom is 0.417 e. The van der Waals surface area contributed by atoms with Gasteiger partial charge in [0.15, 0.2) is 5.75 Å². The van der Waals surface area contributed by atoms with Gasteiger partial charge in [-0.05, 0) is 36.4 Å². The minimum Gasteiger partial charge on any atom is -0.493 e. The second-order valence-electron chi connectivity index (χ2n) is 7.15. The summed E-state index contributed by atoms with van der Waals surface area (Å²) in [5.74, 6) is 1.47. The molecule has 3 rings (SSSR count). The first-order valence-corrected chi connectivity index (χ1v) is 12.3. The Morgan fingerprint density at radius 1 is 0.811 bits per heavy atom. The first-order valence-electron chi connectivity index (χ1n) is 10.4. The number of halogens is 8. The molecule has 0 spiro atoms. The summed E-state index contributed by atoms with van der Waals surface area (Å²) >= 11 is 29.4. The predicted molar refractivity (Wildman–Crippen MR) is 138 cm³/mol. The van der Waals surface area contributed by atoms with Gasteiger partial charge in [0, 0.05) is 24.8 Å². The average Bonchev–Trinajstić information content (AvgIpc) is 2.82. The van der Waals surface area contributed by atoms with E-state index in [-0.39, 0.29) is 38.7 Å². The number of hydrogen-bond acceptors (Lipinski definition) is 5. The number of nitrogens with zero attached hydrogens (tertiary/aromatic N) is 1. The number of benzene rings is 2. The van der Waals surface area contributed by atoms with Crippen LogP contribution in [-0.4, -0.2) is 24.8 Å². The van der Waals surface area contributed by atoms with E-state index in [2.05, 4.69) is 4.98 Å². The van der Waals surface area contributed by atoms with Crippen LogP contribution in [0.2, 0.25) is 15.1 Å². The molecule has 13 heteroatoms. The van der Waals surface area contributed by atoms with E-state index in [1.807, 2.05) is 0 Å². The number of alkyl halides is 3. The third-order valence-electron chi connectivity index (χ3n) is 4.44. The van der Waals surface area contributed by atoms with Crippen molar-refractivity contribution in [2.45, 2.75) is 12.6 Å². The Labute approximate surface area is 235 Å². The molecule has 0 atom stereocenters. The Bertz CT molecular complexity index is 1210. The van der Waals surface area contributed by atoms with E-state index in [0.29, 0.717) is 42.2 Å². The minimum absolute atomic E-state index is 0.0870. The molecule has 198 valence electrons. The second-order valence-corrected chi connectivity index (χ2v) is 9.38. The van der Waals surface area contributed by atoms with Gasteiger partial charge in [0.1, 0.15) is 33.4 Å². The Kier molecular flexibility index (Phi) is 10.7. The van der Waals surface area contributed by atoms with Gasteiger partial charge in [-0.2, -0.15) is 13.2 Å². The molecule has 5 nitrogen and oxygen atoms in total. The topological polar surface area (TPSA) is 49.8 Å². The van der Waals surface area contributed by atoms with Crippen molar-refractivity contribution in [2.75, 3.05) is 19.8 Å². The number of rotatable bonds is 11. The van der Waals surface area contributed by atoms with Crippen LogP contribution in [0.5, 0.6) is 28.9 Å². The first-order chi connectivity index (χ1) is 17.5. The summed E-state index contributed by atoms with van der Waals surface area (Å²) < 4.78 is 60.5. The van der Waals surface area contributed by atoms with Crippen LogP contribution in [-0.2, 0) is 6.18 Å². The maximum absolute atomic E-state index is 12.7. The van der Waals surface area contributed by atoms with Crippen LogP contribution in [0.25, 0.3) is 0 Å². The number of pyridine rings is 1. The average molecular weight is 618 g/mol. The van der Waals surface area contributed by atoms with Crippen LogP contribution < -0.4 is 18.9 Å². The maximum atomic E-state index is 12.7. The van der Waals surface area contributed by atoms with E-state index < -0.39 is 11.7 Å². The minimum atomic E-state index is -4.55. The molecule has 0 saturated carbocycles. The van der Waals surface area contributed by atoms with Crippen molar-refractivity contribution >= 4 is 58.0 Å². The molecule has 0 aliphatic carbocycles. The fraction of sp³-hybridized carbons (Fsp3) is 0.208. The van der Waals surface area contributed by atoms with Crippen LogP contribution in [0, 0.1) is 0 Å². The van der Waals surface area contributed by atoms with Gasteiger partial charge >= 0.3 is 6.18 Å². The van der Waals surface area contributed by atoms with Crippen LogP contribution >= 0.6 is 58.0 Å². The Balaban J connectivity index is 1.44. The summed E-state index contributed by atoms with van der Waals surface area (Å²) in [7, 11) is 0. The summed E-state index contributed by atoms with van der Waals surface area (Å²) in [6, 6.07) is 10.3. The molecule has 1 aromatic heterocycles. The van der Waals surface area contributed by atoms with Crippen molar-refractivity contribution in [3.63, 3.8) is 0 Å². The summed E-state index contributed by atoms with van der Waals surface area (Å²) in [4.78, 5) is 3.64. The SMILES string of the molecule is FC(F)(F)c1cnc(Oc2ccc(OCCCOc3c(Cl)cc(OCC=C(Cl)Cl)cc3Cl)cc2)c(Cl)c1. The van der Waals surface area contributed by atoms with Gasteiger partial charge < -0.3 is 18.9 Å². The first kappa shape index (κ1) is 29.3. The van der Waals surface area contributed by atoms with Gasteiger partial charge in [-0.25, -0.2) is 4.98 Å². The van der Waals surface area contributed by atoms with E-state index in [4.69, 9.17) is 77.0 Å². The summed E-state index contributed by atoms with van der Waals surface area (Å²) in [5.41, 5.74) is -0.963. The van der Waals surface area contributed by atoms with Crippen molar-refractivity contribution in [3.05, 3.63) is 79.9 Å². The lowest BCUT2D eigenvalue weighted by atomic mass is 10.3. The molecule has 37 heavy (non-hydrogen) atoms. The number of hydrogen-bond donors (Lipinski definition) is 0. The van der Waals surface area contributed by atoms with Crippen molar-refractivity contribution in [1.82, 2.24) is 4.98 Å². The molecule has 0 radical (unpaired) electrons. The van der Waals surface area contributed by atoms with E-state index in [9.17, 15) is 13.2 Å². The van der Waals surface area contributed by atoms with E-state index >= 15 is 0 Å². The van der Waals surface area contributed by atoms with Crippen molar-refractivity contribution in [3.8, 4) is 28.9 Å². The molecular weight excluding hydrogens is 601 g/mol. The van der Waals surface area contributed by atoms with Gasteiger partial charge in [-0.1, -0.05) is 58.0 Å². The lowest BCUT2D eigenvalue weighted by Gasteiger charge is -2.13. The molecule has 3 aromatic rings. The molecule has 0 aliphatic heterocycles. The molecule has 0 saturated heterocycles. The molecular formula is C24H17Cl5F3NO4. The molecule has 0 amide bonds. The normalized spacial score (nSPS) is 11.1. The summed E-state index contributed by atoms with van der Waals surface area (Å²) in [6.45, 7) is 0.761. The summed E-state index contributed by atoms with van der Waals surface area (Å²) in [6.07, 6.45) is -1.90. The van der Waals surface area contributed by atoms with Crippen LogP contribution in [0.4, 0.5) is 13.2 Å². The zero-order valence-corrected chi connectivity index (χ0v) is 22.4. The molecule has 2 aromatic carbocycles. The third-order valence-corrected chi connectivity index (χ3v) is 5.58. The second kappa shape index (κ2) is 13.5. The number of aromatic nitrogens is 1. The lowest BCUT2D eigenvalue weighted by Crippen LogP contribution is -2.06. The molecule has 0 N–H and O–H groups in total. The predicted octanol–water partition coefficient (Wildman–Crippen LogP) is 9.40. The highest BCUT2D eigenvalue weighted by atomic mass is 35.5. The molecule has 0 aliphatic rings. The van der Waals surface area contributed by atoms with E-state index in [1.54, 1.807) is 36.4 Å². The Morgan fingerprint density at radius 2 is 1.43 bits per heavy atom. The van der Waals surface area contributed by atoms with Gasteiger partial charge in [0.05, 0.1) is 28.8 Å². The van der Waals surface area contributed by atoms with Crippen LogP contribution in [0.15, 0.2) is 59.2 Å². The highest BCUT2D eigenvalue weighted by Crippen LogP contribution is 2.37. The molecule has 0 fully saturated rings. The molecule has 1 heterocycles. The standard InChI is InChI=1S/C24H17Cl5F3NO4/c25-18-11-17(35-9-6-21(28)29)12-19(26)22(18)36-8-1-7-34-15-2-4-16(5-3-15)37-23-20(27)10-14(13-33-23)24(30,31)32/h2-6,10-13H,1,7-9H2. The fourth-order valence-electron chi connectivity index (χ4n) is 2.75. The Hall–Kier alpha value is -2.23. The van der Waals surface area contributed by atoms with Crippen LogP contribution in [0.1, 0.15) is 12.0 Å². The van der Waals surface area contributed by atoms with E-state index in [0.717, 1.165) is 6.07 Å². The highest BCUT2D eigenvalue weighted by Gasteiger charge is 2.31. The van der Waals surface area contributed by atoms with Crippen molar-refractivity contribution < 1.29 is 32.1 Å². The largest absolute Gasteiger partial charge is 0.493 e. The smallest absolute Gasteiger partial charge is 0.417 e. The van der Waals surface area contributed by atoms with Crippen molar-refractivity contribution in [2.24, 2.45) is 0 Å². The van der Waals surface area contributed by atoms with Gasteiger partial charge in [-0.3, -0.25) is 0 Å². The van der Waals surface area contributed by atoms with Gasteiger partial charge in [-0.15, -0.1) is 0 Å². The van der Waals surface area contributed by atoms with Crippen LogP contribution in [0.3, 0.4) is 0 Å². The quantitative estimate of drug-likeness (QED) is 0.201. The fourth-order valence-corrected chi connectivity index (χ4v) is 3.66. The highest BCUT2D eigenvalue weighted by molar-refractivity contribution is 6.55. The van der Waals surface area contributed by atoms with E-state index in [1.165, 1.54) is 6.08 Å². The lowest BCUT2D eigenvalue weighted by molar-refractivity contribution is -0.137. The van der Waals surface area contributed by atoms with Gasteiger partial charge in [0.2, 0.25) is 5.88 Å². The summed E-state index contributed by atoms with van der Waals surface area (Å²) in [5, 5.41) is 0.302. The number of ether oxygens (including phenoxy) is 4. The molecule has 0 bridgehead atoms. The monoisotopic (exact) mass is 615 g/mol. The third kappa shape index (κ3) is 9.23. The zero-order chi connectivity index (χ0) is 27.0. The zero-order valence-electron chi connectivity index (χ0n) is 18.6.